The van der Waals surface area contributed by atoms with E-state index >= 15 is 0 Å². The lowest BCUT2D eigenvalue weighted by Crippen LogP contribution is -2.32. The molecule has 0 saturated carbocycles. The number of benzene rings is 1. The number of esters is 1. The van der Waals surface area contributed by atoms with Crippen LogP contribution in [0.3, 0.4) is 0 Å². The Morgan fingerprint density at radius 1 is 1.26 bits per heavy atom. The highest BCUT2D eigenvalue weighted by Crippen LogP contribution is 2.41. The Hall–Kier alpha value is -3.22. The molecule has 0 spiro atoms. The summed E-state index contributed by atoms with van der Waals surface area (Å²) in [6.07, 6.45) is 1.57. The van der Waals surface area contributed by atoms with Gasteiger partial charge in [-0.15, -0.1) is 0 Å². The number of carbonyl (C=O) groups is 1. The molecule has 1 atom stereocenters. The zero-order valence-electron chi connectivity index (χ0n) is 15.5. The molecule has 1 aromatic heterocycles. The van der Waals surface area contributed by atoms with E-state index in [-0.39, 0.29) is 17.0 Å². The van der Waals surface area contributed by atoms with Crippen molar-refractivity contribution < 1.29 is 19.0 Å². The molecule has 0 fully saturated rings. The van der Waals surface area contributed by atoms with Crippen molar-refractivity contribution in [1.29, 1.82) is 0 Å². The van der Waals surface area contributed by atoms with Gasteiger partial charge in [-0.05, 0) is 24.1 Å². The molecule has 0 aliphatic carbocycles. The first-order valence-electron chi connectivity index (χ1n) is 8.66. The highest BCUT2D eigenvalue weighted by Gasteiger charge is 2.37. The monoisotopic (exact) mass is 370 g/mol. The highest BCUT2D eigenvalue weighted by atomic mass is 16.5. The van der Waals surface area contributed by atoms with Crippen LogP contribution in [0.15, 0.2) is 46.6 Å². The lowest BCUT2D eigenvalue weighted by Gasteiger charge is -2.27. The summed E-state index contributed by atoms with van der Waals surface area (Å²) >= 11 is 0. The predicted octanol–water partition coefficient (Wildman–Crippen LogP) is 2.20. The molecule has 3 N–H and O–H groups in total. The van der Waals surface area contributed by atoms with E-state index in [1.54, 1.807) is 37.4 Å². The van der Waals surface area contributed by atoms with Crippen LogP contribution in [0.25, 0.3) is 0 Å². The van der Waals surface area contributed by atoms with Crippen LogP contribution in [-0.2, 0) is 16.0 Å². The second-order valence-electron chi connectivity index (χ2n) is 6.23. The number of hydrogen-bond acceptors (Lipinski definition) is 6. The second-order valence-corrected chi connectivity index (χ2v) is 6.23. The van der Waals surface area contributed by atoms with Gasteiger partial charge in [0, 0.05) is 11.8 Å². The van der Waals surface area contributed by atoms with Gasteiger partial charge in [0.2, 0.25) is 5.88 Å². The summed E-state index contributed by atoms with van der Waals surface area (Å²) in [5.41, 5.74) is 7.62. The number of hydrogen-bond donors (Lipinski definition) is 2. The quantitative estimate of drug-likeness (QED) is 0.782. The molecule has 0 radical (unpaired) electrons. The summed E-state index contributed by atoms with van der Waals surface area (Å²) in [6, 6.07) is 8.85. The van der Waals surface area contributed by atoms with E-state index in [1.165, 1.54) is 7.11 Å². The number of aryl methyl sites for hydroxylation is 1. The van der Waals surface area contributed by atoms with Crippen molar-refractivity contribution in [2.75, 3.05) is 14.2 Å². The molecule has 3 rings (SSSR count). The van der Waals surface area contributed by atoms with Gasteiger partial charge in [-0.25, -0.2) is 4.79 Å². The van der Waals surface area contributed by atoms with E-state index in [4.69, 9.17) is 19.9 Å². The first kappa shape index (κ1) is 18.6. The second kappa shape index (κ2) is 7.57. The van der Waals surface area contributed by atoms with Gasteiger partial charge in [-0.3, -0.25) is 4.79 Å². The number of pyridine rings is 1. The summed E-state index contributed by atoms with van der Waals surface area (Å²) in [5.74, 6) is -0.395. The molecule has 7 heteroatoms. The average Bonchev–Trinajstić information content (AvgIpc) is 2.66. The Morgan fingerprint density at radius 2 is 1.96 bits per heavy atom. The molecule has 2 aromatic rings. The van der Waals surface area contributed by atoms with Gasteiger partial charge in [-0.2, -0.15) is 0 Å². The Labute approximate surface area is 156 Å². The number of ether oxygens (including phenoxy) is 3. The highest BCUT2D eigenvalue weighted by molar-refractivity contribution is 5.92. The van der Waals surface area contributed by atoms with Crippen LogP contribution in [-0.4, -0.2) is 25.2 Å². The summed E-state index contributed by atoms with van der Waals surface area (Å²) < 4.78 is 15.7. The Morgan fingerprint density at radius 3 is 2.56 bits per heavy atom. The minimum absolute atomic E-state index is 0.0665. The van der Waals surface area contributed by atoms with Crippen molar-refractivity contribution in [3.8, 4) is 11.5 Å². The van der Waals surface area contributed by atoms with E-state index < -0.39 is 11.9 Å². The minimum atomic E-state index is -0.702. The van der Waals surface area contributed by atoms with E-state index in [2.05, 4.69) is 4.98 Å². The molecule has 1 aliphatic heterocycles. The topological polar surface area (TPSA) is 104 Å². The number of aromatic nitrogens is 1. The van der Waals surface area contributed by atoms with Crippen LogP contribution in [0.1, 0.15) is 36.1 Å². The van der Waals surface area contributed by atoms with Crippen molar-refractivity contribution in [3.63, 3.8) is 0 Å². The number of methoxy groups -OCH3 is 2. The number of H-pyrrole nitrogens is 1. The van der Waals surface area contributed by atoms with Crippen molar-refractivity contribution in [2.45, 2.75) is 25.7 Å². The van der Waals surface area contributed by atoms with E-state index in [0.717, 1.165) is 12.1 Å². The molecule has 7 nitrogen and oxygen atoms in total. The molecular formula is C20H22N2O5. The maximum Gasteiger partial charge on any atom is 0.340 e. The minimum Gasteiger partial charge on any atom is -0.497 e. The van der Waals surface area contributed by atoms with Crippen LogP contribution >= 0.6 is 0 Å². The number of nitrogens with two attached hydrogens (primary N) is 1. The summed E-state index contributed by atoms with van der Waals surface area (Å²) in [6.45, 7) is 2.02. The first-order chi connectivity index (χ1) is 13.0. The number of aromatic amines is 1. The van der Waals surface area contributed by atoms with Crippen molar-refractivity contribution in [2.24, 2.45) is 5.73 Å². The summed E-state index contributed by atoms with van der Waals surface area (Å²) in [5, 5.41) is 0. The summed E-state index contributed by atoms with van der Waals surface area (Å²) in [4.78, 5) is 28.1. The van der Waals surface area contributed by atoms with E-state index in [0.29, 0.717) is 29.0 Å². The Bertz CT molecular complexity index is 944. The lowest BCUT2D eigenvalue weighted by atomic mass is 9.83. The Balaban J connectivity index is 2.22. The molecule has 0 saturated heterocycles. The molecule has 0 bridgehead atoms. The molecular weight excluding hydrogens is 348 g/mol. The Kier molecular flexibility index (Phi) is 5.21. The van der Waals surface area contributed by atoms with Crippen molar-refractivity contribution >= 4 is 5.97 Å². The van der Waals surface area contributed by atoms with Crippen LogP contribution in [0, 0.1) is 0 Å². The first-order valence-corrected chi connectivity index (χ1v) is 8.66. The zero-order chi connectivity index (χ0) is 19.6. The maximum atomic E-state index is 12.9. The standard InChI is InChI=1S/C20H22N2O5/c1-4-5-12-10-14-16(19(23)22-12)15(11-6-8-13(25-2)9-7-11)17(18(21)27-14)20(24)26-3/h6-10,15H,4-5,21H2,1-3H3,(H,22,23). The number of carbonyl (C=O) groups excluding carboxylic acids is 1. The smallest absolute Gasteiger partial charge is 0.340 e. The summed E-state index contributed by atoms with van der Waals surface area (Å²) in [7, 11) is 2.83. The zero-order valence-corrected chi connectivity index (χ0v) is 15.5. The maximum absolute atomic E-state index is 12.9. The van der Waals surface area contributed by atoms with Crippen LogP contribution in [0.4, 0.5) is 0 Å². The molecule has 1 aliphatic rings. The number of fused-ring (bicyclic) bond motifs is 1. The molecule has 1 aromatic carbocycles. The van der Waals surface area contributed by atoms with Gasteiger partial charge in [0.05, 0.1) is 25.7 Å². The lowest BCUT2D eigenvalue weighted by molar-refractivity contribution is -0.136. The van der Waals surface area contributed by atoms with Crippen LogP contribution < -0.4 is 20.8 Å². The fourth-order valence-electron chi connectivity index (χ4n) is 3.28. The third-order valence-electron chi connectivity index (χ3n) is 4.53. The molecule has 27 heavy (non-hydrogen) atoms. The van der Waals surface area contributed by atoms with E-state index in [9.17, 15) is 9.59 Å². The average molecular weight is 370 g/mol. The van der Waals surface area contributed by atoms with E-state index in [1.807, 2.05) is 6.92 Å². The van der Waals surface area contributed by atoms with Crippen LogP contribution in [0.2, 0.25) is 0 Å². The largest absolute Gasteiger partial charge is 0.497 e. The predicted molar refractivity (Wildman–Crippen MR) is 99.8 cm³/mol. The van der Waals surface area contributed by atoms with Crippen molar-refractivity contribution in [3.05, 3.63) is 69.0 Å². The molecule has 0 amide bonds. The van der Waals surface area contributed by atoms with Gasteiger partial charge < -0.3 is 24.9 Å². The fourth-order valence-corrected chi connectivity index (χ4v) is 3.28. The normalized spacial score (nSPS) is 15.7. The van der Waals surface area contributed by atoms with Gasteiger partial charge in [0.15, 0.2) is 0 Å². The third kappa shape index (κ3) is 3.40. The van der Waals surface area contributed by atoms with Gasteiger partial charge in [-0.1, -0.05) is 25.5 Å². The number of nitrogens with one attached hydrogen (secondary N) is 1. The fraction of sp³-hybridized carbons (Fsp3) is 0.300. The van der Waals surface area contributed by atoms with Gasteiger partial charge in [0.25, 0.3) is 5.56 Å². The van der Waals surface area contributed by atoms with Crippen molar-refractivity contribution in [1.82, 2.24) is 4.98 Å². The SMILES string of the molecule is CCCc1cc2c(c(=O)[nH]1)C(c1ccc(OC)cc1)C(C(=O)OC)=C(N)O2. The molecule has 1 unspecified atom stereocenters. The third-order valence-corrected chi connectivity index (χ3v) is 4.53. The molecule has 142 valence electrons. The van der Waals surface area contributed by atoms with Gasteiger partial charge in [0.1, 0.15) is 17.1 Å². The van der Waals surface area contributed by atoms with Gasteiger partial charge >= 0.3 is 5.97 Å². The number of rotatable bonds is 5. The molecule has 2 heterocycles. The van der Waals surface area contributed by atoms with Crippen LogP contribution in [0.5, 0.6) is 11.5 Å².